The van der Waals surface area contributed by atoms with Crippen LogP contribution in [0.3, 0.4) is 0 Å². The first-order chi connectivity index (χ1) is 5.75. The van der Waals surface area contributed by atoms with E-state index in [9.17, 15) is 9.90 Å². The van der Waals surface area contributed by atoms with E-state index in [-0.39, 0.29) is 5.75 Å². The van der Waals surface area contributed by atoms with Crippen molar-refractivity contribution in [3.05, 3.63) is 23.8 Å². The fourth-order valence-electron chi connectivity index (χ4n) is 1.07. The first-order valence-corrected chi connectivity index (χ1v) is 3.75. The third kappa shape index (κ3) is 1.75. The number of phenolic OH excluding ortho intramolecular Hbond substituents is 1. The Morgan fingerprint density at radius 1 is 1.50 bits per heavy atom. The smallest absolute Gasteiger partial charge is 0.120 e. The molecule has 0 saturated carbocycles. The molecule has 12 heavy (non-hydrogen) atoms. The Kier molecular flexibility index (Phi) is 2.69. The highest BCUT2D eigenvalue weighted by molar-refractivity contribution is 5.57. The monoisotopic (exact) mass is 165 g/mol. The molecule has 0 amide bonds. The molecule has 0 heterocycles. The Morgan fingerprint density at radius 2 is 2.25 bits per heavy atom. The van der Waals surface area contributed by atoms with E-state index in [4.69, 9.17) is 5.73 Å². The average molecular weight is 165 g/mol. The number of carbonyl (C=O) groups is 1. The minimum Gasteiger partial charge on any atom is -0.508 e. The third-order valence-electron chi connectivity index (χ3n) is 1.70. The van der Waals surface area contributed by atoms with Crippen molar-refractivity contribution in [3.63, 3.8) is 0 Å². The van der Waals surface area contributed by atoms with E-state index in [1.165, 1.54) is 0 Å². The average Bonchev–Trinajstić information content (AvgIpc) is 2.04. The molecule has 0 radical (unpaired) electrons. The maximum absolute atomic E-state index is 10.1. The molecule has 3 N–H and O–H groups in total. The van der Waals surface area contributed by atoms with Crippen LogP contribution in [0.4, 0.5) is 5.69 Å². The number of carbonyl (C=O) groups excluding carboxylic acids is 1. The zero-order valence-corrected chi connectivity index (χ0v) is 6.66. The van der Waals surface area contributed by atoms with Crippen LogP contribution in [-0.2, 0) is 11.2 Å². The van der Waals surface area contributed by atoms with Crippen molar-refractivity contribution >= 4 is 12.0 Å². The van der Waals surface area contributed by atoms with Crippen molar-refractivity contribution in [1.82, 2.24) is 0 Å². The predicted molar refractivity (Wildman–Crippen MR) is 46.9 cm³/mol. The number of hydrogen-bond acceptors (Lipinski definition) is 3. The van der Waals surface area contributed by atoms with Crippen LogP contribution in [0.25, 0.3) is 0 Å². The van der Waals surface area contributed by atoms with Crippen LogP contribution in [0.2, 0.25) is 0 Å². The Hall–Kier alpha value is -1.51. The summed E-state index contributed by atoms with van der Waals surface area (Å²) >= 11 is 0. The van der Waals surface area contributed by atoms with Crippen LogP contribution in [0, 0.1) is 0 Å². The second-order valence-corrected chi connectivity index (χ2v) is 2.55. The zero-order valence-electron chi connectivity index (χ0n) is 6.66. The van der Waals surface area contributed by atoms with E-state index in [2.05, 4.69) is 0 Å². The number of nitrogens with two attached hydrogens (primary N) is 1. The van der Waals surface area contributed by atoms with Crippen molar-refractivity contribution < 1.29 is 9.90 Å². The lowest BCUT2D eigenvalue weighted by molar-refractivity contribution is -0.107. The first-order valence-electron chi connectivity index (χ1n) is 3.75. The summed E-state index contributed by atoms with van der Waals surface area (Å²) in [5, 5.41) is 9.32. The summed E-state index contributed by atoms with van der Waals surface area (Å²) in [5.74, 6) is 0.164. The topological polar surface area (TPSA) is 63.3 Å². The summed E-state index contributed by atoms with van der Waals surface area (Å²) in [6.45, 7) is 0. The molecule has 0 aliphatic rings. The Morgan fingerprint density at radius 3 is 2.83 bits per heavy atom. The fraction of sp³-hybridized carbons (Fsp3) is 0.222. The van der Waals surface area contributed by atoms with E-state index in [1.54, 1.807) is 18.2 Å². The maximum Gasteiger partial charge on any atom is 0.120 e. The van der Waals surface area contributed by atoms with E-state index < -0.39 is 0 Å². The van der Waals surface area contributed by atoms with Gasteiger partial charge < -0.3 is 15.6 Å². The van der Waals surface area contributed by atoms with Crippen LogP contribution in [-0.4, -0.2) is 11.4 Å². The van der Waals surface area contributed by atoms with Crippen molar-refractivity contribution in [2.45, 2.75) is 12.8 Å². The van der Waals surface area contributed by atoms with E-state index in [0.717, 1.165) is 6.29 Å². The Labute approximate surface area is 70.8 Å². The lowest BCUT2D eigenvalue weighted by Crippen LogP contribution is -1.95. The van der Waals surface area contributed by atoms with Gasteiger partial charge in [-0.05, 0) is 18.6 Å². The third-order valence-corrected chi connectivity index (χ3v) is 1.70. The number of hydrogen-bond donors (Lipinski definition) is 2. The van der Waals surface area contributed by atoms with Crippen LogP contribution in [0.15, 0.2) is 18.2 Å². The fourth-order valence-corrected chi connectivity index (χ4v) is 1.07. The van der Waals surface area contributed by atoms with Gasteiger partial charge in [0.05, 0.1) is 0 Å². The second-order valence-electron chi connectivity index (χ2n) is 2.55. The van der Waals surface area contributed by atoms with Crippen LogP contribution < -0.4 is 5.73 Å². The summed E-state index contributed by atoms with van der Waals surface area (Å²) in [6.07, 6.45) is 1.70. The van der Waals surface area contributed by atoms with Crippen molar-refractivity contribution in [2.24, 2.45) is 0 Å². The summed E-state index contributed by atoms with van der Waals surface area (Å²) in [6, 6.07) is 4.95. The maximum atomic E-state index is 10.1. The number of phenols is 1. The highest BCUT2D eigenvalue weighted by atomic mass is 16.3. The molecule has 0 aliphatic carbocycles. The highest BCUT2D eigenvalue weighted by Crippen LogP contribution is 2.23. The molecule has 0 aromatic heterocycles. The number of nitrogen functional groups attached to an aromatic ring is 1. The van der Waals surface area contributed by atoms with Crippen molar-refractivity contribution in [3.8, 4) is 5.75 Å². The van der Waals surface area contributed by atoms with E-state index >= 15 is 0 Å². The first kappa shape index (κ1) is 8.59. The molecule has 3 heteroatoms. The number of anilines is 1. The molecule has 0 unspecified atom stereocenters. The zero-order chi connectivity index (χ0) is 8.97. The summed E-state index contributed by atoms with van der Waals surface area (Å²) in [4.78, 5) is 10.1. The molecule has 1 aromatic carbocycles. The molecule has 0 fully saturated rings. The van der Waals surface area contributed by atoms with Crippen LogP contribution in [0.5, 0.6) is 5.75 Å². The summed E-state index contributed by atoms with van der Waals surface area (Å²) in [7, 11) is 0. The number of benzene rings is 1. The lowest BCUT2D eigenvalue weighted by atomic mass is 10.1. The number of aromatic hydroxyl groups is 1. The molecule has 0 atom stereocenters. The molecule has 64 valence electrons. The van der Waals surface area contributed by atoms with Gasteiger partial charge in [-0.2, -0.15) is 0 Å². The molecule has 0 aliphatic heterocycles. The minimum absolute atomic E-state index is 0.164. The summed E-state index contributed by atoms with van der Waals surface area (Å²) < 4.78 is 0. The molecule has 1 rings (SSSR count). The van der Waals surface area contributed by atoms with Gasteiger partial charge in [-0.15, -0.1) is 0 Å². The van der Waals surface area contributed by atoms with Gasteiger partial charge in [-0.1, -0.05) is 6.07 Å². The second kappa shape index (κ2) is 3.76. The number of rotatable bonds is 3. The van der Waals surface area contributed by atoms with Gasteiger partial charge >= 0.3 is 0 Å². The van der Waals surface area contributed by atoms with Gasteiger partial charge in [-0.25, -0.2) is 0 Å². The van der Waals surface area contributed by atoms with Crippen molar-refractivity contribution in [1.29, 1.82) is 0 Å². The molecule has 0 spiro atoms. The van der Waals surface area contributed by atoms with Crippen molar-refractivity contribution in [2.75, 3.05) is 5.73 Å². The Balaban J connectivity index is 2.88. The van der Waals surface area contributed by atoms with Gasteiger partial charge in [0.1, 0.15) is 12.0 Å². The van der Waals surface area contributed by atoms with E-state index in [1.807, 2.05) is 0 Å². The Bertz CT molecular complexity index is 264. The van der Waals surface area contributed by atoms with Gasteiger partial charge in [0, 0.05) is 17.7 Å². The predicted octanol–water partition coefficient (Wildman–Crippen LogP) is 1.11. The van der Waals surface area contributed by atoms with E-state index in [0.29, 0.717) is 24.1 Å². The molecule has 3 nitrogen and oxygen atoms in total. The standard InChI is InChI=1S/C9H11NO2/c10-8-4-1-5-9(12)7(8)3-2-6-11/h1,4-6,12H,2-3,10H2. The van der Waals surface area contributed by atoms with Gasteiger partial charge in [0.15, 0.2) is 0 Å². The van der Waals surface area contributed by atoms with Crippen LogP contribution >= 0.6 is 0 Å². The molecule has 0 bridgehead atoms. The SMILES string of the molecule is Nc1cccc(O)c1CCC=O. The number of aldehydes is 1. The molecular formula is C9H11NO2. The van der Waals surface area contributed by atoms with Gasteiger partial charge in [0.25, 0.3) is 0 Å². The van der Waals surface area contributed by atoms with Crippen LogP contribution in [0.1, 0.15) is 12.0 Å². The molecule has 1 aromatic rings. The largest absolute Gasteiger partial charge is 0.508 e. The molecular weight excluding hydrogens is 154 g/mol. The van der Waals surface area contributed by atoms with Gasteiger partial charge in [0.2, 0.25) is 0 Å². The van der Waals surface area contributed by atoms with Gasteiger partial charge in [-0.3, -0.25) is 0 Å². The minimum atomic E-state index is 0.164. The highest BCUT2D eigenvalue weighted by Gasteiger charge is 2.03. The quantitative estimate of drug-likeness (QED) is 0.520. The molecule has 0 saturated heterocycles. The lowest BCUT2D eigenvalue weighted by Gasteiger charge is -2.04. The summed E-state index contributed by atoms with van der Waals surface area (Å²) in [5.41, 5.74) is 6.78. The normalized spacial score (nSPS) is 9.67.